The number of rotatable bonds is 4. The summed E-state index contributed by atoms with van der Waals surface area (Å²) in [6.45, 7) is 3.17. The Morgan fingerprint density at radius 1 is 1.15 bits per heavy atom. The number of halogens is 2. The SMILES string of the molecule is N#Cc1cc(F)c(N2CCN(Cc3cc(CO)c4c(c3)NC(=O)C3CCCN=C43)CC2)c(F)c1. The maximum Gasteiger partial charge on any atom is 0.233 e. The molecule has 5 rings (SSSR count). The molecule has 3 aliphatic heterocycles. The van der Waals surface area contributed by atoms with E-state index in [1.807, 2.05) is 12.1 Å². The van der Waals surface area contributed by atoms with E-state index in [1.54, 1.807) is 11.0 Å². The minimum Gasteiger partial charge on any atom is -0.392 e. The lowest BCUT2D eigenvalue weighted by atomic mass is 9.83. The minimum atomic E-state index is -0.730. The number of carbonyl (C=O) groups excluding carboxylic acids is 1. The number of fused-ring (bicyclic) bond motifs is 3. The molecule has 1 amide bonds. The number of carbonyl (C=O) groups is 1. The molecule has 1 saturated heterocycles. The van der Waals surface area contributed by atoms with Crippen molar-refractivity contribution in [2.24, 2.45) is 10.9 Å². The Bertz CT molecular complexity index is 1190. The number of anilines is 2. The van der Waals surface area contributed by atoms with E-state index in [-0.39, 0.29) is 29.7 Å². The van der Waals surface area contributed by atoms with Crippen LogP contribution < -0.4 is 10.2 Å². The summed E-state index contributed by atoms with van der Waals surface area (Å²) in [5, 5.41) is 21.9. The van der Waals surface area contributed by atoms with Crippen LogP contribution in [-0.2, 0) is 17.9 Å². The van der Waals surface area contributed by atoms with Gasteiger partial charge in [-0.1, -0.05) is 6.07 Å². The van der Waals surface area contributed by atoms with Crippen molar-refractivity contribution in [1.82, 2.24) is 4.90 Å². The zero-order valence-corrected chi connectivity index (χ0v) is 18.7. The molecular formula is C25H25F2N5O2. The zero-order valence-electron chi connectivity index (χ0n) is 18.7. The van der Waals surface area contributed by atoms with Crippen LogP contribution in [0.2, 0.25) is 0 Å². The molecule has 0 bridgehead atoms. The number of piperazine rings is 1. The van der Waals surface area contributed by atoms with Crippen molar-refractivity contribution in [2.75, 3.05) is 42.9 Å². The van der Waals surface area contributed by atoms with E-state index in [0.29, 0.717) is 45.0 Å². The summed E-state index contributed by atoms with van der Waals surface area (Å²) >= 11 is 0. The van der Waals surface area contributed by atoms with Crippen LogP contribution >= 0.6 is 0 Å². The maximum absolute atomic E-state index is 14.4. The van der Waals surface area contributed by atoms with Gasteiger partial charge < -0.3 is 15.3 Å². The highest BCUT2D eigenvalue weighted by Gasteiger charge is 2.35. The van der Waals surface area contributed by atoms with Gasteiger partial charge in [-0.15, -0.1) is 0 Å². The van der Waals surface area contributed by atoms with Gasteiger partial charge in [0.25, 0.3) is 0 Å². The molecule has 7 nitrogen and oxygen atoms in total. The van der Waals surface area contributed by atoms with Crippen LogP contribution in [0.15, 0.2) is 29.3 Å². The van der Waals surface area contributed by atoms with Crippen molar-refractivity contribution >= 4 is 23.0 Å². The van der Waals surface area contributed by atoms with Crippen LogP contribution in [0.4, 0.5) is 20.2 Å². The van der Waals surface area contributed by atoms with Gasteiger partial charge in [0.05, 0.1) is 35.6 Å². The fraction of sp³-hybridized carbons (Fsp3) is 0.400. The Morgan fingerprint density at radius 2 is 1.88 bits per heavy atom. The average Bonchev–Trinajstić information content (AvgIpc) is 2.84. The lowest BCUT2D eigenvalue weighted by Gasteiger charge is -2.36. The number of hydrogen-bond acceptors (Lipinski definition) is 6. The number of aliphatic imine (C=N–C) groups is 1. The molecule has 34 heavy (non-hydrogen) atoms. The molecule has 0 radical (unpaired) electrons. The number of aliphatic hydroxyl groups excluding tert-OH is 1. The van der Waals surface area contributed by atoms with Crippen molar-refractivity contribution in [3.05, 3.63) is 58.2 Å². The summed E-state index contributed by atoms with van der Waals surface area (Å²) in [6, 6.07) is 7.77. The molecule has 0 saturated carbocycles. The summed E-state index contributed by atoms with van der Waals surface area (Å²) in [6.07, 6.45) is 1.65. The quantitative estimate of drug-likeness (QED) is 0.725. The Hall–Kier alpha value is -3.35. The van der Waals surface area contributed by atoms with Gasteiger partial charge in [-0.25, -0.2) is 8.78 Å². The van der Waals surface area contributed by atoms with Crippen LogP contribution in [0.1, 0.15) is 35.1 Å². The smallest absolute Gasteiger partial charge is 0.233 e. The molecule has 9 heteroatoms. The predicted octanol–water partition coefficient (Wildman–Crippen LogP) is 2.80. The van der Waals surface area contributed by atoms with Crippen LogP contribution in [-0.4, -0.2) is 54.3 Å². The van der Waals surface area contributed by atoms with Crippen molar-refractivity contribution in [1.29, 1.82) is 5.26 Å². The fourth-order valence-corrected chi connectivity index (χ4v) is 5.18. The van der Waals surface area contributed by atoms with Crippen LogP contribution in [0.25, 0.3) is 0 Å². The molecule has 0 aliphatic carbocycles. The largest absolute Gasteiger partial charge is 0.392 e. The predicted molar refractivity (Wildman–Crippen MR) is 124 cm³/mol. The number of amides is 1. The number of nitrogens with one attached hydrogen (secondary N) is 1. The molecule has 2 aromatic carbocycles. The van der Waals surface area contributed by atoms with Gasteiger partial charge in [-0.2, -0.15) is 5.26 Å². The molecule has 0 aromatic heterocycles. The minimum absolute atomic E-state index is 0.0397. The van der Waals surface area contributed by atoms with Crippen molar-refractivity contribution in [3.8, 4) is 6.07 Å². The highest BCUT2D eigenvalue weighted by atomic mass is 19.1. The summed E-state index contributed by atoms with van der Waals surface area (Å²) in [7, 11) is 0. The van der Waals surface area contributed by atoms with E-state index in [9.17, 15) is 18.7 Å². The van der Waals surface area contributed by atoms with Gasteiger partial charge in [0.1, 0.15) is 5.69 Å². The first-order valence-electron chi connectivity index (χ1n) is 11.5. The third kappa shape index (κ3) is 4.04. The van der Waals surface area contributed by atoms with Crippen LogP contribution in [0.3, 0.4) is 0 Å². The Kier molecular flexibility index (Phi) is 6.02. The van der Waals surface area contributed by atoms with E-state index in [0.717, 1.165) is 47.4 Å². The number of nitriles is 1. The number of hydrogen-bond donors (Lipinski definition) is 2. The van der Waals surface area contributed by atoms with Gasteiger partial charge in [0.2, 0.25) is 5.91 Å². The first-order valence-corrected chi connectivity index (χ1v) is 11.5. The van der Waals surface area contributed by atoms with E-state index >= 15 is 0 Å². The summed E-state index contributed by atoms with van der Waals surface area (Å²) < 4.78 is 28.8. The lowest BCUT2D eigenvalue weighted by molar-refractivity contribution is -0.118. The van der Waals surface area contributed by atoms with Crippen LogP contribution in [0.5, 0.6) is 0 Å². The summed E-state index contributed by atoms with van der Waals surface area (Å²) in [5.41, 5.74) is 3.86. The van der Waals surface area contributed by atoms with Crippen molar-refractivity contribution in [3.63, 3.8) is 0 Å². The highest BCUT2D eigenvalue weighted by molar-refractivity contribution is 6.23. The van der Waals surface area contributed by atoms with Crippen molar-refractivity contribution < 1.29 is 18.7 Å². The van der Waals surface area contributed by atoms with E-state index in [2.05, 4.69) is 15.2 Å². The third-order valence-corrected chi connectivity index (χ3v) is 6.78. The van der Waals surface area contributed by atoms with Gasteiger partial charge >= 0.3 is 0 Å². The molecule has 176 valence electrons. The topological polar surface area (TPSA) is 92.0 Å². The third-order valence-electron chi connectivity index (χ3n) is 6.78. The molecule has 1 atom stereocenters. The first-order chi connectivity index (χ1) is 16.5. The van der Waals surface area contributed by atoms with Crippen LogP contribution in [0, 0.1) is 28.9 Å². The molecule has 1 fully saturated rings. The molecular weight excluding hydrogens is 440 g/mol. The van der Waals surface area contributed by atoms with E-state index in [1.165, 1.54) is 0 Å². The van der Waals surface area contributed by atoms with E-state index < -0.39 is 11.6 Å². The monoisotopic (exact) mass is 465 g/mol. The second-order valence-electron chi connectivity index (χ2n) is 8.95. The van der Waals surface area contributed by atoms with Gasteiger partial charge in [0, 0.05) is 44.8 Å². The lowest BCUT2D eigenvalue weighted by Crippen LogP contribution is -2.46. The Morgan fingerprint density at radius 3 is 2.56 bits per heavy atom. The van der Waals surface area contributed by atoms with Gasteiger partial charge in [-0.05, 0) is 42.2 Å². The molecule has 2 N–H and O–H groups in total. The van der Waals surface area contributed by atoms with Gasteiger partial charge in [0.15, 0.2) is 11.6 Å². The average molecular weight is 466 g/mol. The number of benzene rings is 2. The summed E-state index contributed by atoms with van der Waals surface area (Å²) in [4.78, 5) is 21.1. The number of nitrogens with zero attached hydrogens (tertiary/aromatic N) is 4. The Balaban J connectivity index is 1.32. The first kappa shape index (κ1) is 22.4. The maximum atomic E-state index is 14.4. The molecule has 3 heterocycles. The second kappa shape index (κ2) is 9.12. The molecule has 2 aromatic rings. The normalized spacial score (nSPS) is 20.2. The van der Waals surface area contributed by atoms with Gasteiger partial charge in [-0.3, -0.25) is 14.7 Å². The molecule has 3 aliphatic rings. The fourth-order valence-electron chi connectivity index (χ4n) is 5.18. The van der Waals surface area contributed by atoms with E-state index in [4.69, 9.17) is 5.26 Å². The number of aliphatic hydroxyl groups is 1. The Labute approximate surface area is 196 Å². The highest BCUT2D eigenvalue weighted by Crippen LogP contribution is 2.35. The molecule has 0 spiro atoms. The van der Waals surface area contributed by atoms with Crippen molar-refractivity contribution in [2.45, 2.75) is 26.0 Å². The standard InChI is InChI=1S/C25H25F2N5O2/c26-19-9-15(12-28)10-20(27)24(19)32-6-4-31(5-7-32)13-16-8-17(14-33)22-21(11-16)30-25(34)18-2-1-3-29-23(18)22/h8-11,18,33H,1-7,13-14H2,(H,30,34). The zero-order chi connectivity index (χ0) is 23.8. The second-order valence-corrected chi connectivity index (χ2v) is 8.95. The summed E-state index contributed by atoms with van der Waals surface area (Å²) in [5.74, 6) is -1.76. The molecule has 1 unspecified atom stereocenters.